The molecule has 1 fully saturated rings. The number of aliphatic hydroxyl groups is 1. The summed E-state index contributed by atoms with van der Waals surface area (Å²) in [4.78, 5) is 38.7. The Balaban J connectivity index is 1.61. The Bertz CT molecular complexity index is 1580. The smallest absolute Gasteiger partial charge is 0.300 e. The van der Waals surface area contributed by atoms with Gasteiger partial charge in [0.2, 0.25) is 0 Å². The third-order valence-electron chi connectivity index (χ3n) is 6.23. The first kappa shape index (κ1) is 24.5. The van der Waals surface area contributed by atoms with Crippen LogP contribution in [0, 0.1) is 17.0 Å². The van der Waals surface area contributed by atoms with Gasteiger partial charge >= 0.3 is 0 Å². The molecule has 0 saturated carbocycles. The minimum atomic E-state index is -0.949. The second-order valence-corrected chi connectivity index (χ2v) is 8.80. The van der Waals surface area contributed by atoms with Gasteiger partial charge in [0.15, 0.2) is 0 Å². The Kier molecular flexibility index (Phi) is 6.45. The van der Waals surface area contributed by atoms with Gasteiger partial charge in [0, 0.05) is 23.4 Å². The zero-order valence-corrected chi connectivity index (χ0v) is 20.3. The van der Waals surface area contributed by atoms with E-state index in [0.29, 0.717) is 22.7 Å². The number of ether oxygens (including phenoxy) is 1. The fraction of sp³-hybridized carbons (Fsp3) is 0.0667. The number of anilines is 1. The average molecular weight is 507 g/mol. The van der Waals surface area contributed by atoms with Crippen molar-refractivity contribution >= 4 is 28.8 Å². The van der Waals surface area contributed by atoms with Crippen LogP contribution in [0.3, 0.4) is 0 Å². The molecule has 4 aromatic carbocycles. The Morgan fingerprint density at radius 3 is 2.24 bits per heavy atom. The summed E-state index contributed by atoms with van der Waals surface area (Å²) in [5.74, 6) is -0.993. The molecule has 188 valence electrons. The maximum absolute atomic E-state index is 13.4. The molecule has 0 bridgehead atoms. The molecular formula is C30H22N2O6. The summed E-state index contributed by atoms with van der Waals surface area (Å²) in [5, 5.41) is 22.5. The van der Waals surface area contributed by atoms with Crippen molar-refractivity contribution in [3.05, 3.63) is 136 Å². The lowest BCUT2D eigenvalue weighted by atomic mass is 9.94. The van der Waals surface area contributed by atoms with Gasteiger partial charge in [0.05, 0.1) is 16.5 Å². The number of nitrogens with zero attached hydrogens (tertiary/aromatic N) is 2. The third-order valence-corrected chi connectivity index (χ3v) is 6.23. The maximum atomic E-state index is 13.4. The number of para-hydroxylation sites is 1. The van der Waals surface area contributed by atoms with Gasteiger partial charge in [0.25, 0.3) is 17.4 Å². The Morgan fingerprint density at radius 1 is 0.868 bits per heavy atom. The Morgan fingerprint density at radius 2 is 1.55 bits per heavy atom. The first-order valence-corrected chi connectivity index (χ1v) is 11.8. The van der Waals surface area contributed by atoms with E-state index in [1.807, 2.05) is 49.4 Å². The Labute approximate surface area is 218 Å². The second-order valence-electron chi connectivity index (χ2n) is 8.80. The van der Waals surface area contributed by atoms with Gasteiger partial charge in [-0.3, -0.25) is 24.6 Å². The quantitative estimate of drug-likeness (QED) is 0.108. The van der Waals surface area contributed by atoms with E-state index in [1.165, 1.54) is 29.2 Å². The molecule has 5 rings (SSSR count). The van der Waals surface area contributed by atoms with Crippen LogP contribution in [-0.4, -0.2) is 21.7 Å². The molecule has 0 spiro atoms. The van der Waals surface area contributed by atoms with Crippen molar-refractivity contribution in [1.29, 1.82) is 0 Å². The molecule has 8 nitrogen and oxygen atoms in total. The molecule has 8 heteroatoms. The van der Waals surface area contributed by atoms with Crippen molar-refractivity contribution in [2.45, 2.75) is 13.0 Å². The lowest BCUT2D eigenvalue weighted by molar-refractivity contribution is -0.384. The lowest BCUT2D eigenvalue weighted by Crippen LogP contribution is -2.29. The van der Waals surface area contributed by atoms with Crippen LogP contribution in [0.2, 0.25) is 0 Å². The fourth-order valence-corrected chi connectivity index (χ4v) is 4.48. The zero-order chi connectivity index (χ0) is 26.8. The highest BCUT2D eigenvalue weighted by atomic mass is 16.6. The molecule has 1 aliphatic rings. The van der Waals surface area contributed by atoms with Gasteiger partial charge in [-0.2, -0.15) is 0 Å². The molecule has 4 aromatic rings. The van der Waals surface area contributed by atoms with Crippen LogP contribution in [0.25, 0.3) is 5.76 Å². The first-order valence-electron chi connectivity index (χ1n) is 11.8. The fourth-order valence-electron chi connectivity index (χ4n) is 4.48. The highest BCUT2D eigenvalue weighted by Gasteiger charge is 2.47. The number of rotatable bonds is 6. The van der Waals surface area contributed by atoms with E-state index < -0.39 is 28.4 Å². The zero-order valence-electron chi connectivity index (χ0n) is 20.3. The molecule has 0 aliphatic carbocycles. The van der Waals surface area contributed by atoms with Crippen molar-refractivity contribution in [2.75, 3.05) is 4.90 Å². The number of benzene rings is 4. The molecule has 1 aliphatic heterocycles. The van der Waals surface area contributed by atoms with Crippen LogP contribution >= 0.6 is 0 Å². The first-order chi connectivity index (χ1) is 18.3. The largest absolute Gasteiger partial charge is 0.507 e. The summed E-state index contributed by atoms with van der Waals surface area (Å²) >= 11 is 0. The third kappa shape index (κ3) is 4.62. The van der Waals surface area contributed by atoms with E-state index in [1.54, 1.807) is 36.4 Å². The molecule has 1 atom stereocenters. The van der Waals surface area contributed by atoms with E-state index >= 15 is 0 Å². The van der Waals surface area contributed by atoms with E-state index in [4.69, 9.17) is 4.74 Å². The van der Waals surface area contributed by atoms with Gasteiger partial charge in [-0.05, 0) is 48.9 Å². The number of amides is 1. The van der Waals surface area contributed by atoms with Crippen molar-refractivity contribution in [2.24, 2.45) is 0 Å². The van der Waals surface area contributed by atoms with Crippen LogP contribution in [0.15, 0.2) is 109 Å². The minimum Gasteiger partial charge on any atom is -0.507 e. The number of aliphatic hydroxyl groups excluding tert-OH is 1. The van der Waals surface area contributed by atoms with Crippen molar-refractivity contribution in [1.82, 2.24) is 0 Å². The predicted octanol–water partition coefficient (Wildman–Crippen LogP) is 6.32. The molecule has 0 aromatic heterocycles. The van der Waals surface area contributed by atoms with Gasteiger partial charge in [0.1, 0.15) is 17.3 Å². The monoisotopic (exact) mass is 506 g/mol. The number of non-ortho nitro benzene ring substituents is 1. The number of hydrogen-bond donors (Lipinski definition) is 1. The summed E-state index contributed by atoms with van der Waals surface area (Å²) in [6, 6.07) is 27.6. The average Bonchev–Trinajstić information content (AvgIpc) is 3.19. The summed E-state index contributed by atoms with van der Waals surface area (Å²) < 4.78 is 5.84. The van der Waals surface area contributed by atoms with Gasteiger partial charge < -0.3 is 9.84 Å². The minimum absolute atomic E-state index is 0.0708. The van der Waals surface area contributed by atoms with Gasteiger partial charge in [-0.1, -0.05) is 60.2 Å². The molecule has 1 heterocycles. The SMILES string of the molecule is Cc1cccc(C2/C(=C(/O)c3cccc([N+](=O)[O-])c3)C(=O)C(=O)N2c2ccc(Oc3ccccc3)cc2)c1. The second kappa shape index (κ2) is 10.0. The van der Waals surface area contributed by atoms with Crippen LogP contribution < -0.4 is 9.64 Å². The lowest BCUT2D eigenvalue weighted by Gasteiger charge is -2.26. The number of carbonyl (C=O) groups is 2. The van der Waals surface area contributed by atoms with Crippen LogP contribution in [0.1, 0.15) is 22.7 Å². The number of nitro benzene ring substituents is 1. The van der Waals surface area contributed by atoms with Crippen molar-refractivity contribution in [3.63, 3.8) is 0 Å². The standard InChI is InChI=1S/C30H22N2O6/c1-19-7-5-8-20(17-19)27-26(28(33)21-9-6-10-23(18-21)32(36)37)29(34)30(35)31(27)22-13-15-25(16-14-22)38-24-11-3-2-4-12-24/h2-18,27,33H,1H3/b28-26-. The van der Waals surface area contributed by atoms with Crippen molar-refractivity contribution < 1.29 is 24.4 Å². The summed E-state index contributed by atoms with van der Waals surface area (Å²) in [6.45, 7) is 1.88. The number of ketones is 1. The van der Waals surface area contributed by atoms with Crippen molar-refractivity contribution in [3.8, 4) is 11.5 Å². The maximum Gasteiger partial charge on any atom is 0.300 e. The molecule has 1 unspecified atom stereocenters. The highest BCUT2D eigenvalue weighted by Crippen LogP contribution is 2.43. The van der Waals surface area contributed by atoms with E-state index in [-0.39, 0.29) is 16.8 Å². The van der Waals surface area contributed by atoms with Gasteiger partial charge in [-0.15, -0.1) is 0 Å². The predicted molar refractivity (Wildman–Crippen MR) is 142 cm³/mol. The van der Waals surface area contributed by atoms with E-state index in [2.05, 4.69) is 0 Å². The summed E-state index contributed by atoms with van der Waals surface area (Å²) in [7, 11) is 0. The molecular weight excluding hydrogens is 484 g/mol. The summed E-state index contributed by atoms with van der Waals surface area (Å²) in [6.07, 6.45) is 0. The van der Waals surface area contributed by atoms with E-state index in [9.17, 15) is 24.8 Å². The number of aryl methyl sites for hydroxylation is 1. The van der Waals surface area contributed by atoms with Crippen LogP contribution in [-0.2, 0) is 9.59 Å². The molecule has 0 radical (unpaired) electrons. The Hall–Kier alpha value is -5.24. The molecule has 1 saturated heterocycles. The molecule has 1 amide bonds. The molecule has 38 heavy (non-hydrogen) atoms. The number of Topliss-reactive ketones (excluding diaryl/α,β-unsaturated/α-hetero) is 1. The highest BCUT2D eigenvalue weighted by molar-refractivity contribution is 6.51. The normalized spacial score (nSPS) is 16.4. The number of hydrogen-bond acceptors (Lipinski definition) is 6. The summed E-state index contributed by atoms with van der Waals surface area (Å²) in [5.41, 5.74) is 1.62. The number of nitro groups is 1. The van der Waals surface area contributed by atoms with Crippen LogP contribution in [0.4, 0.5) is 11.4 Å². The molecule has 1 N–H and O–H groups in total. The van der Waals surface area contributed by atoms with Crippen LogP contribution in [0.5, 0.6) is 11.5 Å². The topological polar surface area (TPSA) is 110 Å². The van der Waals surface area contributed by atoms with Gasteiger partial charge in [-0.25, -0.2) is 0 Å². The number of carbonyl (C=O) groups excluding carboxylic acids is 2. The van der Waals surface area contributed by atoms with E-state index in [0.717, 1.165) is 5.56 Å².